The highest BCUT2D eigenvalue weighted by molar-refractivity contribution is 5.80. The Labute approximate surface area is 170 Å². The Morgan fingerprint density at radius 2 is 2.00 bits per heavy atom. The third-order valence-corrected chi connectivity index (χ3v) is 5.75. The quantitative estimate of drug-likeness (QED) is 0.386. The van der Waals surface area contributed by atoms with Crippen molar-refractivity contribution in [3.63, 3.8) is 0 Å². The second kappa shape index (κ2) is 11.7. The Morgan fingerprint density at radius 3 is 2.57 bits per heavy atom. The summed E-state index contributed by atoms with van der Waals surface area (Å²) in [4.78, 5) is 23.2. The number of rotatable bonds is 9. The molecule has 2 heterocycles. The number of hydrogen-bond acceptors (Lipinski definition) is 3. The number of hydrogen-bond donors (Lipinski definition) is 2. The van der Waals surface area contributed by atoms with Gasteiger partial charge in [0.2, 0.25) is 5.91 Å². The lowest BCUT2D eigenvalue weighted by atomic mass is 9.98. The number of nitrogens with zero attached hydrogens (tertiary/aromatic N) is 4. The SMILES string of the molecule is CCC(CC)C(=O)N1CCC(NC(=NC)NCCCCn2ccnc2C)CC1. The number of aliphatic imine (C=N–C) groups is 1. The molecular formula is C21H38N6O. The van der Waals surface area contributed by atoms with Gasteiger partial charge in [0.25, 0.3) is 0 Å². The molecule has 1 amide bonds. The number of piperidine rings is 1. The van der Waals surface area contributed by atoms with E-state index in [-0.39, 0.29) is 5.92 Å². The third-order valence-electron chi connectivity index (χ3n) is 5.75. The molecule has 1 aliphatic heterocycles. The van der Waals surface area contributed by atoms with Crippen LogP contribution in [0.2, 0.25) is 0 Å². The highest BCUT2D eigenvalue weighted by atomic mass is 16.2. The number of imidazole rings is 1. The van der Waals surface area contributed by atoms with Gasteiger partial charge in [0.15, 0.2) is 5.96 Å². The maximum atomic E-state index is 12.5. The molecular weight excluding hydrogens is 352 g/mol. The predicted molar refractivity (Wildman–Crippen MR) is 114 cm³/mol. The number of aromatic nitrogens is 2. The Kier molecular flexibility index (Phi) is 9.31. The van der Waals surface area contributed by atoms with Crippen LogP contribution < -0.4 is 10.6 Å². The van der Waals surface area contributed by atoms with Crippen molar-refractivity contribution in [2.75, 3.05) is 26.7 Å². The Hall–Kier alpha value is -2.05. The number of aryl methyl sites for hydroxylation is 2. The second-order valence-corrected chi connectivity index (χ2v) is 7.63. The molecule has 2 N–H and O–H groups in total. The number of nitrogens with one attached hydrogen (secondary N) is 2. The first kappa shape index (κ1) is 22.2. The van der Waals surface area contributed by atoms with Crippen LogP contribution in [0.25, 0.3) is 0 Å². The van der Waals surface area contributed by atoms with Gasteiger partial charge >= 0.3 is 0 Å². The largest absolute Gasteiger partial charge is 0.356 e. The molecule has 1 aromatic heterocycles. The summed E-state index contributed by atoms with van der Waals surface area (Å²) in [7, 11) is 1.82. The summed E-state index contributed by atoms with van der Waals surface area (Å²) < 4.78 is 2.18. The lowest BCUT2D eigenvalue weighted by Gasteiger charge is -2.34. The van der Waals surface area contributed by atoms with Crippen molar-refractivity contribution in [1.82, 2.24) is 25.1 Å². The number of guanidine groups is 1. The van der Waals surface area contributed by atoms with Crippen molar-refractivity contribution in [1.29, 1.82) is 0 Å². The van der Waals surface area contributed by atoms with Gasteiger partial charge in [-0.25, -0.2) is 4.98 Å². The van der Waals surface area contributed by atoms with Crippen molar-refractivity contribution in [2.24, 2.45) is 10.9 Å². The first-order valence-corrected chi connectivity index (χ1v) is 10.8. The molecule has 2 rings (SSSR count). The standard InChI is InChI=1S/C21H38N6O/c1-5-18(6-2)20(28)27-14-9-19(10-15-27)25-21(22-4)24-11-7-8-13-26-16-12-23-17(26)3/h12,16,18-19H,5-11,13-15H2,1-4H3,(H2,22,24,25). The van der Waals surface area contributed by atoms with Gasteiger partial charge in [0.05, 0.1) is 0 Å². The molecule has 158 valence electrons. The van der Waals surface area contributed by atoms with Gasteiger partial charge in [0, 0.05) is 57.6 Å². The van der Waals surface area contributed by atoms with Gasteiger partial charge in [-0.05, 0) is 45.4 Å². The van der Waals surface area contributed by atoms with Crippen LogP contribution in [-0.2, 0) is 11.3 Å². The van der Waals surface area contributed by atoms with Crippen molar-refractivity contribution < 1.29 is 4.79 Å². The van der Waals surface area contributed by atoms with Crippen LogP contribution >= 0.6 is 0 Å². The van der Waals surface area contributed by atoms with E-state index in [0.717, 1.165) is 76.5 Å². The zero-order valence-corrected chi connectivity index (χ0v) is 18.1. The minimum atomic E-state index is 0.185. The maximum absolute atomic E-state index is 12.5. The lowest BCUT2D eigenvalue weighted by molar-refractivity contribution is -0.136. The van der Waals surface area contributed by atoms with Gasteiger partial charge < -0.3 is 20.1 Å². The normalized spacial score (nSPS) is 15.9. The topological polar surface area (TPSA) is 74.6 Å². The van der Waals surface area contributed by atoms with Crippen molar-refractivity contribution in [3.8, 4) is 0 Å². The lowest BCUT2D eigenvalue weighted by Crippen LogP contribution is -2.50. The highest BCUT2D eigenvalue weighted by Crippen LogP contribution is 2.17. The summed E-state index contributed by atoms with van der Waals surface area (Å²) in [5.41, 5.74) is 0. The molecule has 0 bridgehead atoms. The van der Waals surface area contributed by atoms with Crippen LogP contribution in [0.15, 0.2) is 17.4 Å². The second-order valence-electron chi connectivity index (χ2n) is 7.63. The molecule has 1 fully saturated rings. The molecule has 0 spiro atoms. The molecule has 0 unspecified atom stereocenters. The molecule has 0 saturated carbocycles. The van der Waals surface area contributed by atoms with Gasteiger partial charge in [-0.3, -0.25) is 9.79 Å². The molecule has 0 aromatic carbocycles. The average molecular weight is 391 g/mol. The minimum absolute atomic E-state index is 0.185. The molecule has 0 aliphatic carbocycles. The first-order chi connectivity index (χ1) is 13.6. The van der Waals surface area contributed by atoms with E-state index >= 15 is 0 Å². The number of carbonyl (C=O) groups is 1. The summed E-state index contributed by atoms with van der Waals surface area (Å²) in [6.45, 7) is 9.83. The monoisotopic (exact) mass is 390 g/mol. The van der Waals surface area contributed by atoms with E-state index < -0.39 is 0 Å². The van der Waals surface area contributed by atoms with Gasteiger partial charge in [-0.15, -0.1) is 0 Å². The van der Waals surface area contributed by atoms with Gasteiger partial charge in [-0.2, -0.15) is 0 Å². The minimum Gasteiger partial charge on any atom is -0.356 e. The van der Waals surface area contributed by atoms with Gasteiger partial charge in [-0.1, -0.05) is 13.8 Å². The summed E-state index contributed by atoms with van der Waals surface area (Å²) in [5, 5.41) is 6.94. The molecule has 0 radical (unpaired) electrons. The number of carbonyl (C=O) groups excluding carboxylic acids is 1. The Bertz CT molecular complexity index is 614. The van der Waals surface area contributed by atoms with Crippen molar-refractivity contribution in [2.45, 2.75) is 71.9 Å². The smallest absolute Gasteiger partial charge is 0.225 e. The summed E-state index contributed by atoms with van der Waals surface area (Å²) in [6, 6.07) is 0.380. The van der Waals surface area contributed by atoms with Crippen LogP contribution in [0.4, 0.5) is 0 Å². The fourth-order valence-corrected chi connectivity index (χ4v) is 3.78. The van der Waals surface area contributed by atoms with E-state index in [9.17, 15) is 4.79 Å². The van der Waals surface area contributed by atoms with E-state index in [1.807, 2.05) is 31.3 Å². The van der Waals surface area contributed by atoms with E-state index in [2.05, 4.69) is 39.0 Å². The van der Waals surface area contributed by atoms with Crippen LogP contribution in [-0.4, -0.2) is 59.0 Å². The number of likely N-dealkylation sites (tertiary alicyclic amines) is 1. The van der Waals surface area contributed by atoms with E-state index in [4.69, 9.17) is 0 Å². The summed E-state index contributed by atoms with van der Waals surface area (Å²) in [5.74, 6) is 2.45. The van der Waals surface area contributed by atoms with E-state index in [1.54, 1.807) is 0 Å². The van der Waals surface area contributed by atoms with Crippen LogP contribution in [0.1, 0.15) is 58.2 Å². The molecule has 28 heavy (non-hydrogen) atoms. The number of unbranched alkanes of at least 4 members (excludes halogenated alkanes) is 1. The first-order valence-electron chi connectivity index (χ1n) is 10.8. The van der Waals surface area contributed by atoms with E-state index in [1.165, 1.54) is 0 Å². The average Bonchev–Trinajstić information content (AvgIpc) is 3.13. The Balaban J connectivity index is 1.64. The Morgan fingerprint density at radius 1 is 1.29 bits per heavy atom. The third kappa shape index (κ3) is 6.53. The zero-order valence-electron chi connectivity index (χ0n) is 18.1. The zero-order chi connectivity index (χ0) is 20.4. The van der Waals surface area contributed by atoms with E-state index in [0.29, 0.717) is 11.9 Å². The van der Waals surface area contributed by atoms with Crippen LogP contribution in [0.3, 0.4) is 0 Å². The van der Waals surface area contributed by atoms with Crippen LogP contribution in [0, 0.1) is 12.8 Å². The molecule has 1 aromatic rings. The molecule has 7 heteroatoms. The fourth-order valence-electron chi connectivity index (χ4n) is 3.78. The molecule has 1 saturated heterocycles. The highest BCUT2D eigenvalue weighted by Gasteiger charge is 2.26. The number of amides is 1. The fraction of sp³-hybridized carbons (Fsp3) is 0.762. The van der Waals surface area contributed by atoms with Crippen LogP contribution in [0.5, 0.6) is 0 Å². The van der Waals surface area contributed by atoms with Crippen molar-refractivity contribution in [3.05, 3.63) is 18.2 Å². The summed E-state index contributed by atoms with van der Waals surface area (Å²) >= 11 is 0. The van der Waals surface area contributed by atoms with Gasteiger partial charge in [0.1, 0.15) is 5.82 Å². The molecule has 7 nitrogen and oxygen atoms in total. The summed E-state index contributed by atoms with van der Waals surface area (Å²) in [6.07, 6.45) is 9.90. The maximum Gasteiger partial charge on any atom is 0.225 e. The predicted octanol–water partition coefficient (Wildman–Crippen LogP) is 2.56. The molecule has 0 atom stereocenters. The van der Waals surface area contributed by atoms with Crippen molar-refractivity contribution >= 4 is 11.9 Å². The molecule has 1 aliphatic rings.